The Hall–Kier alpha value is -2.73. The van der Waals surface area contributed by atoms with Crippen LogP contribution >= 0.6 is 0 Å². The Labute approximate surface area is 142 Å². The van der Waals surface area contributed by atoms with Crippen LogP contribution in [-0.4, -0.2) is 14.2 Å². The molecule has 0 radical (unpaired) electrons. The van der Waals surface area contributed by atoms with Crippen LogP contribution in [0.2, 0.25) is 0 Å². The number of aromatic nitrogens is 2. The van der Waals surface area contributed by atoms with E-state index in [9.17, 15) is 4.21 Å². The summed E-state index contributed by atoms with van der Waals surface area (Å²) in [5.74, 6) is 1.72. The van der Waals surface area contributed by atoms with E-state index >= 15 is 0 Å². The summed E-state index contributed by atoms with van der Waals surface area (Å²) < 4.78 is 20.3. The van der Waals surface area contributed by atoms with E-state index in [4.69, 9.17) is 4.74 Å². The number of ether oxygens (including phenoxy) is 1. The lowest BCUT2D eigenvalue weighted by Gasteiger charge is -2.16. The van der Waals surface area contributed by atoms with Crippen LogP contribution < -0.4 is 9.04 Å². The van der Waals surface area contributed by atoms with Gasteiger partial charge in [0.15, 0.2) is 11.0 Å². The molecule has 1 unspecified atom stereocenters. The van der Waals surface area contributed by atoms with E-state index in [-0.39, 0.29) is 0 Å². The van der Waals surface area contributed by atoms with Gasteiger partial charge in [-0.1, -0.05) is 18.2 Å². The quantitative estimate of drug-likeness (QED) is 0.732. The summed E-state index contributed by atoms with van der Waals surface area (Å²) in [6.07, 6.45) is 3.32. The minimum Gasteiger partial charge on any atom is -0.437 e. The number of fused-ring (bicyclic) bond motifs is 1. The third-order valence-electron chi connectivity index (χ3n) is 3.72. The first-order chi connectivity index (χ1) is 11.7. The molecule has 0 spiro atoms. The first-order valence-electron chi connectivity index (χ1n) is 7.54. The number of anilines is 1. The van der Waals surface area contributed by atoms with Gasteiger partial charge in [-0.2, -0.15) is 4.98 Å². The monoisotopic (exact) mass is 337 g/mol. The summed E-state index contributed by atoms with van der Waals surface area (Å²) in [4.78, 5) is 9.40. The van der Waals surface area contributed by atoms with E-state index < -0.39 is 11.0 Å². The van der Waals surface area contributed by atoms with Gasteiger partial charge in [-0.3, -0.25) is 9.29 Å². The highest BCUT2D eigenvalue weighted by atomic mass is 32.2. The maximum absolute atomic E-state index is 12.7. The molecule has 1 aliphatic heterocycles. The van der Waals surface area contributed by atoms with Crippen molar-refractivity contribution in [3.8, 4) is 11.6 Å². The molecule has 0 saturated carbocycles. The molecule has 3 aromatic rings. The summed E-state index contributed by atoms with van der Waals surface area (Å²) in [7, 11) is -1.25. The molecule has 1 atom stereocenters. The summed E-state index contributed by atoms with van der Waals surface area (Å²) >= 11 is 0. The average Bonchev–Trinajstić information content (AvgIpc) is 2.93. The zero-order chi connectivity index (χ0) is 16.5. The van der Waals surface area contributed by atoms with Crippen LogP contribution in [0.15, 0.2) is 65.8 Å². The molecule has 24 heavy (non-hydrogen) atoms. The van der Waals surface area contributed by atoms with Crippen molar-refractivity contribution in [1.29, 1.82) is 0 Å². The van der Waals surface area contributed by atoms with Gasteiger partial charge in [0, 0.05) is 12.3 Å². The predicted molar refractivity (Wildman–Crippen MR) is 92.3 cm³/mol. The van der Waals surface area contributed by atoms with Crippen molar-refractivity contribution in [2.45, 2.75) is 18.4 Å². The second-order valence-electron chi connectivity index (χ2n) is 5.53. The van der Waals surface area contributed by atoms with E-state index in [1.807, 2.05) is 49.4 Å². The van der Waals surface area contributed by atoms with Gasteiger partial charge in [0.25, 0.3) is 0 Å². The average molecular weight is 337 g/mol. The standard InChI is InChI=1S/C18H15N3O2S/c1-13-9-17(20-18(10-13)23-15-6-4-8-19-11-15)21-12-14-5-2-3-7-16(14)24(21)22/h2-11H,12H2,1H3. The van der Waals surface area contributed by atoms with Crippen LogP contribution in [0.5, 0.6) is 11.6 Å². The molecular formula is C18H15N3O2S. The fourth-order valence-corrected chi connectivity index (χ4v) is 3.94. The van der Waals surface area contributed by atoms with Crippen LogP contribution in [0.3, 0.4) is 0 Å². The summed E-state index contributed by atoms with van der Waals surface area (Å²) in [6.45, 7) is 2.54. The van der Waals surface area contributed by atoms with Gasteiger partial charge in [0.2, 0.25) is 5.88 Å². The van der Waals surface area contributed by atoms with Crippen LogP contribution in [-0.2, 0) is 17.5 Å². The lowest BCUT2D eigenvalue weighted by Crippen LogP contribution is -2.19. The number of rotatable bonds is 3. The van der Waals surface area contributed by atoms with Crippen LogP contribution in [0.4, 0.5) is 5.82 Å². The van der Waals surface area contributed by atoms with Gasteiger partial charge in [-0.25, -0.2) is 4.21 Å². The highest BCUT2D eigenvalue weighted by molar-refractivity contribution is 7.86. The van der Waals surface area contributed by atoms with Gasteiger partial charge in [-0.15, -0.1) is 0 Å². The second-order valence-corrected chi connectivity index (χ2v) is 6.90. The highest BCUT2D eigenvalue weighted by Gasteiger charge is 2.28. The smallest absolute Gasteiger partial charge is 0.221 e. The summed E-state index contributed by atoms with van der Waals surface area (Å²) in [5, 5.41) is 0. The molecule has 2 aromatic heterocycles. The van der Waals surface area contributed by atoms with Crippen molar-refractivity contribution < 1.29 is 8.95 Å². The fraction of sp³-hybridized carbons (Fsp3) is 0.111. The Morgan fingerprint density at radius 3 is 2.83 bits per heavy atom. The fourth-order valence-electron chi connectivity index (χ4n) is 2.63. The van der Waals surface area contributed by atoms with Crippen molar-refractivity contribution >= 4 is 16.8 Å². The number of aryl methyl sites for hydroxylation is 1. The molecule has 120 valence electrons. The van der Waals surface area contributed by atoms with Gasteiger partial charge < -0.3 is 4.74 Å². The molecule has 0 aliphatic carbocycles. The number of hydrogen-bond donors (Lipinski definition) is 0. The molecular weight excluding hydrogens is 322 g/mol. The summed E-state index contributed by atoms with van der Waals surface area (Å²) in [5.41, 5.74) is 2.06. The molecule has 0 N–H and O–H groups in total. The van der Waals surface area contributed by atoms with Gasteiger partial charge in [-0.05, 0) is 42.3 Å². The molecule has 1 aliphatic rings. The Balaban J connectivity index is 1.66. The van der Waals surface area contributed by atoms with E-state index in [0.717, 1.165) is 16.0 Å². The third-order valence-corrected chi connectivity index (χ3v) is 5.21. The SMILES string of the molecule is Cc1cc(Oc2cccnc2)nc(N2Cc3ccccc3S2=O)c1. The van der Waals surface area contributed by atoms with Gasteiger partial charge >= 0.3 is 0 Å². The largest absolute Gasteiger partial charge is 0.437 e. The van der Waals surface area contributed by atoms with Crippen LogP contribution in [0.1, 0.15) is 11.1 Å². The van der Waals surface area contributed by atoms with Crippen molar-refractivity contribution in [3.05, 3.63) is 72.1 Å². The van der Waals surface area contributed by atoms with Gasteiger partial charge in [0.05, 0.1) is 17.6 Å². The van der Waals surface area contributed by atoms with Crippen LogP contribution in [0.25, 0.3) is 0 Å². The van der Waals surface area contributed by atoms with Crippen molar-refractivity contribution in [2.75, 3.05) is 4.31 Å². The topological polar surface area (TPSA) is 55.3 Å². The Bertz CT molecular complexity index is 915. The van der Waals surface area contributed by atoms with Crippen molar-refractivity contribution in [2.24, 2.45) is 0 Å². The zero-order valence-corrected chi connectivity index (χ0v) is 13.9. The number of pyridine rings is 2. The number of hydrogen-bond acceptors (Lipinski definition) is 4. The second kappa shape index (κ2) is 6.05. The van der Waals surface area contributed by atoms with Gasteiger partial charge in [0.1, 0.15) is 11.6 Å². The predicted octanol–water partition coefficient (Wildman–Crippen LogP) is 3.62. The molecule has 0 fully saturated rings. The number of benzene rings is 1. The maximum atomic E-state index is 12.7. The first kappa shape index (κ1) is 14.8. The molecule has 3 heterocycles. The van der Waals surface area contributed by atoms with E-state index in [1.54, 1.807) is 22.8 Å². The minimum atomic E-state index is -1.25. The zero-order valence-electron chi connectivity index (χ0n) is 13.0. The lowest BCUT2D eigenvalue weighted by atomic mass is 10.2. The number of nitrogens with zero attached hydrogens (tertiary/aromatic N) is 3. The van der Waals surface area contributed by atoms with E-state index in [1.165, 1.54) is 0 Å². The maximum Gasteiger partial charge on any atom is 0.221 e. The Morgan fingerprint density at radius 1 is 1.17 bits per heavy atom. The Kier molecular flexibility index (Phi) is 3.74. The van der Waals surface area contributed by atoms with Crippen LogP contribution in [0, 0.1) is 6.92 Å². The van der Waals surface area contributed by atoms with Crippen molar-refractivity contribution in [3.63, 3.8) is 0 Å². The van der Waals surface area contributed by atoms with E-state index in [0.29, 0.717) is 24.0 Å². The molecule has 0 saturated heterocycles. The summed E-state index contributed by atoms with van der Waals surface area (Å²) in [6, 6.07) is 15.1. The molecule has 0 amide bonds. The molecule has 5 nitrogen and oxygen atoms in total. The molecule has 0 bridgehead atoms. The lowest BCUT2D eigenvalue weighted by molar-refractivity contribution is 0.460. The molecule has 6 heteroatoms. The third kappa shape index (κ3) is 2.76. The van der Waals surface area contributed by atoms with E-state index in [2.05, 4.69) is 9.97 Å². The molecule has 1 aromatic carbocycles. The van der Waals surface area contributed by atoms with Crippen molar-refractivity contribution in [1.82, 2.24) is 9.97 Å². The minimum absolute atomic E-state index is 0.464. The molecule has 4 rings (SSSR count). The first-order valence-corrected chi connectivity index (χ1v) is 8.65. The Morgan fingerprint density at radius 2 is 2.04 bits per heavy atom. The normalized spacial score (nSPS) is 16.0. The highest BCUT2D eigenvalue weighted by Crippen LogP contribution is 2.32.